The van der Waals surface area contributed by atoms with Gasteiger partial charge in [-0.15, -0.1) is 11.8 Å². The lowest BCUT2D eigenvalue weighted by molar-refractivity contribution is 0.104. The first-order valence-corrected chi connectivity index (χ1v) is 6.51. The van der Waals surface area contributed by atoms with Gasteiger partial charge in [0.25, 0.3) is 0 Å². The van der Waals surface area contributed by atoms with E-state index in [0.717, 1.165) is 5.56 Å². The Hall–Kier alpha value is -2.08. The van der Waals surface area contributed by atoms with Crippen molar-refractivity contribution in [2.75, 3.05) is 17.7 Å². The summed E-state index contributed by atoms with van der Waals surface area (Å²) in [5, 5.41) is 0.595. The lowest BCUT2D eigenvalue weighted by Crippen LogP contribution is -2.05. The number of ketones is 1. The number of carbonyl (C=O) groups excluding carboxylic acids is 1. The van der Waals surface area contributed by atoms with E-state index in [1.54, 1.807) is 12.1 Å². The minimum Gasteiger partial charge on any atom is -0.398 e. The summed E-state index contributed by atoms with van der Waals surface area (Å²) in [6.07, 6.45) is 1.85. The Morgan fingerprint density at radius 3 is 2.67 bits per heavy atom. The van der Waals surface area contributed by atoms with Crippen LogP contribution >= 0.6 is 11.8 Å². The van der Waals surface area contributed by atoms with Crippen molar-refractivity contribution < 1.29 is 4.79 Å². The van der Waals surface area contributed by atoms with Crippen molar-refractivity contribution in [2.24, 2.45) is 0 Å². The van der Waals surface area contributed by atoms with Crippen molar-refractivity contribution in [2.45, 2.75) is 5.03 Å². The zero-order valence-corrected chi connectivity index (χ0v) is 10.4. The summed E-state index contributed by atoms with van der Waals surface area (Å²) in [7, 11) is 0. The van der Waals surface area contributed by atoms with Gasteiger partial charge in [-0.25, -0.2) is 9.97 Å². The average molecular weight is 258 g/mol. The van der Waals surface area contributed by atoms with Crippen molar-refractivity contribution in [3.63, 3.8) is 0 Å². The highest BCUT2D eigenvalue weighted by atomic mass is 32.2. The fourth-order valence-electron chi connectivity index (χ4n) is 2.15. The Labute approximate surface area is 108 Å². The zero-order chi connectivity index (χ0) is 12.9. The molecule has 1 aromatic carbocycles. The maximum absolute atomic E-state index is 12.4. The molecule has 0 unspecified atom stereocenters. The highest BCUT2D eigenvalue weighted by Crippen LogP contribution is 2.41. The molecule has 0 fully saturated rings. The van der Waals surface area contributed by atoms with Gasteiger partial charge in [-0.1, -0.05) is 12.1 Å². The largest absolute Gasteiger partial charge is 0.398 e. The van der Waals surface area contributed by atoms with E-state index < -0.39 is 0 Å². The first-order valence-electron chi connectivity index (χ1n) is 5.28. The van der Waals surface area contributed by atoms with E-state index in [0.29, 0.717) is 27.5 Å². The van der Waals surface area contributed by atoms with Gasteiger partial charge in [-0.05, 0) is 12.3 Å². The van der Waals surface area contributed by atoms with Crippen molar-refractivity contribution in [3.8, 4) is 11.3 Å². The molecular formula is C12H10N4OS. The molecule has 2 aromatic rings. The maximum Gasteiger partial charge on any atom is 0.221 e. The second-order valence-electron chi connectivity index (χ2n) is 3.91. The number of rotatable bonds is 1. The van der Waals surface area contributed by atoms with Crippen LogP contribution in [-0.2, 0) is 0 Å². The lowest BCUT2D eigenvalue weighted by atomic mass is 10.1. The third-order valence-corrected chi connectivity index (χ3v) is 3.57. The van der Waals surface area contributed by atoms with Crippen LogP contribution < -0.4 is 11.5 Å². The van der Waals surface area contributed by atoms with Gasteiger partial charge in [-0.3, -0.25) is 4.79 Å². The highest BCUT2D eigenvalue weighted by Gasteiger charge is 2.33. The Morgan fingerprint density at radius 1 is 1.17 bits per heavy atom. The van der Waals surface area contributed by atoms with Crippen LogP contribution in [0.5, 0.6) is 0 Å². The number of carbonyl (C=O) groups is 1. The molecule has 3 rings (SSSR count). The Morgan fingerprint density at radius 2 is 1.94 bits per heavy atom. The Kier molecular flexibility index (Phi) is 2.27. The molecule has 1 aromatic heterocycles. The molecule has 6 heteroatoms. The number of nitrogens with zero attached hydrogens (tertiary/aromatic N) is 2. The van der Waals surface area contributed by atoms with E-state index in [2.05, 4.69) is 9.97 Å². The third-order valence-electron chi connectivity index (χ3n) is 2.89. The van der Waals surface area contributed by atoms with Gasteiger partial charge >= 0.3 is 0 Å². The number of anilines is 2. The molecule has 4 N–H and O–H groups in total. The van der Waals surface area contributed by atoms with Crippen LogP contribution in [-0.4, -0.2) is 22.0 Å². The summed E-state index contributed by atoms with van der Waals surface area (Å²) in [4.78, 5) is 20.7. The highest BCUT2D eigenvalue weighted by molar-refractivity contribution is 7.98. The van der Waals surface area contributed by atoms with Gasteiger partial charge in [0.2, 0.25) is 11.7 Å². The molecule has 0 saturated carbocycles. The van der Waals surface area contributed by atoms with E-state index in [4.69, 9.17) is 11.5 Å². The quantitative estimate of drug-likeness (QED) is 0.391. The van der Waals surface area contributed by atoms with Gasteiger partial charge in [0.15, 0.2) is 0 Å². The van der Waals surface area contributed by atoms with E-state index in [-0.39, 0.29) is 11.7 Å². The molecule has 1 heterocycles. The molecule has 0 spiro atoms. The maximum atomic E-state index is 12.4. The number of thioether (sulfide) groups is 1. The predicted molar refractivity (Wildman–Crippen MR) is 71.5 cm³/mol. The van der Waals surface area contributed by atoms with Crippen LogP contribution in [0.1, 0.15) is 15.9 Å². The van der Waals surface area contributed by atoms with E-state index in [1.807, 2.05) is 12.3 Å². The van der Waals surface area contributed by atoms with Crippen LogP contribution in [0.25, 0.3) is 11.3 Å². The smallest absolute Gasteiger partial charge is 0.221 e. The van der Waals surface area contributed by atoms with Crippen molar-refractivity contribution in [1.82, 2.24) is 9.97 Å². The fraction of sp³-hybridized carbons (Fsp3) is 0.0833. The van der Waals surface area contributed by atoms with E-state index in [1.165, 1.54) is 11.8 Å². The van der Waals surface area contributed by atoms with Crippen molar-refractivity contribution >= 4 is 29.2 Å². The first kappa shape index (κ1) is 11.0. The second kappa shape index (κ2) is 3.71. The first-order chi connectivity index (χ1) is 8.63. The molecule has 0 aliphatic heterocycles. The monoisotopic (exact) mass is 258 g/mol. The summed E-state index contributed by atoms with van der Waals surface area (Å²) in [5.41, 5.74) is 14.3. The number of nitrogens with two attached hydrogens (primary N) is 2. The van der Waals surface area contributed by atoms with E-state index in [9.17, 15) is 4.79 Å². The summed E-state index contributed by atoms with van der Waals surface area (Å²) >= 11 is 1.38. The zero-order valence-electron chi connectivity index (χ0n) is 9.60. The van der Waals surface area contributed by atoms with Gasteiger partial charge in [0.1, 0.15) is 5.03 Å². The van der Waals surface area contributed by atoms with Crippen LogP contribution in [0.3, 0.4) is 0 Å². The van der Waals surface area contributed by atoms with Crippen LogP contribution in [0.15, 0.2) is 23.2 Å². The normalized spacial score (nSPS) is 12.4. The number of hydrogen-bond acceptors (Lipinski definition) is 6. The topological polar surface area (TPSA) is 94.9 Å². The van der Waals surface area contributed by atoms with Crippen LogP contribution in [0.2, 0.25) is 0 Å². The molecule has 90 valence electrons. The number of nitrogen functional groups attached to an aromatic ring is 2. The molecule has 0 radical (unpaired) electrons. The number of hydrogen-bond donors (Lipinski definition) is 2. The molecule has 0 atom stereocenters. The summed E-state index contributed by atoms with van der Waals surface area (Å²) in [6.45, 7) is 0. The molecule has 0 saturated heterocycles. The molecule has 18 heavy (non-hydrogen) atoms. The molecule has 0 bridgehead atoms. The summed E-state index contributed by atoms with van der Waals surface area (Å²) < 4.78 is 0. The molecule has 0 amide bonds. The standard InChI is InChI=1S/C12H10N4OS/c1-18-11-8-9(15-12(14)16-11)5-3-2-4-6(13)7(5)10(8)17/h2-4H,13H2,1H3,(H2,14,15,16). The predicted octanol–water partition coefficient (Wildman–Crippen LogP) is 1.57. The second-order valence-corrected chi connectivity index (χ2v) is 4.71. The SMILES string of the molecule is CSc1nc(N)nc2c1C(=O)c1c(N)cccc1-2. The summed E-state index contributed by atoms with van der Waals surface area (Å²) in [5.74, 6) is 0.0450. The third kappa shape index (κ3) is 1.32. The minimum absolute atomic E-state index is 0.123. The fourth-order valence-corrected chi connectivity index (χ4v) is 2.73. The number of fused-ring (bicyclic) bond motifs is 3. The van der Waals surface area contributed by atoms with Crippen molar-refractivity contribution in [1.29, 1.82) is 0 Å². The average Bonchev–Trinajstić information content (AvgIpc) is 2.63. The van der Waals surface area contributed by atoms with Gasteiger partial charge < -0.3 is 11.5 Å². The Bertz CT molecular complexity index is 684. The molecule has 1 aliphatic rings. The Balaban J connectivity index is 2.40. The molecule has 1 aliphatic carbocycles. The van der Waals surface area contributed by atoms with Gasteiger partial charge in [0, 0.05) is 11.3 Å². The van der Waals surface area contributed by atoms with Gasteiger partial charge in [-0.2, -0.15) is 0 Å². The van der Waals surface area contributed by atoms with Gasteiger partial charge in [0.05, 0.1) is 16.8 Å². The van der Waals surface area contributed by atoms with Crippen LogP contribution in [0, 0.1) is 0 Å². The van der Waals surface area contributed by atoms with Crippen molar-refractivity contribution in [3.05, 3.63) is 29.3 Å². The van der Waals surface area contributed by atoms with E-state index >= 15 is 0 Å². The number of aromatic nitrogens is 2. The minimum atomic E-state index is -0.123. The number of benzene rings is 1. The molecule has 5 nitrogen and oxygen atoms in total. The summed E-state index contributed by atoms with van der Waals surface area (Å²) in [6, 6.07) is 5.33. The molecular weight excluding hydrogens is 248 g/mol. The van der Waals surface area contributed by atoms with Crippen LogP contribution in [0.4, 0.5) is 11.6 Å². The lowest BCUT2D eigenvalue weighted by Gasteiger charge is -2.04.